The van der Waals surface area contributed by atoms with Crippen molar-refractivity contribution in [2.24, 2.45) is 0 Å². The number of amides is 1. The van der Waals surface area contributed by atoms with E-state index in [1.807, 2.05) is 24.3 Å². The molecule has 0 unspecified atom stereocenters. The Kier molecular flexibility index (Phi) is 2.30. The third-order valence-corrected chi connectivity index (χ3v) is 4.19. The van der Waals surface area contributed by atoms with Gasteiger partial charge in [-0.1, -0.05) is 34.1 Å². The van der Waals surface area contributed by atoms with Crippen molar-refractivity contribution >= 4 is 21.8 Å². The van der Waals surface area contributed by atoms with Crippen LogP contribution in [0.1, 0.15) is 30.9 Å². The lowest BCUT2D eigenvalue weighted by Crippen LogP contribution is -2.55. The first-order valence-corrected chi connectivity index (χ1v) is 6.34. The molecule has 1 spiro atoms. The van der Waals surface area contributed by atoms with Crippen LogP contribution in [0.25, 0.3) is 0 Å². The predicted octanol–water partition coefficient (Wildman–Crippen LogP) is 2.09. The Morgan fingerprint density at radius 3 is 2.62 bits per heavy atom. The molecule has 1 saturated carbocycles. The molecule has 1 aliphatic carbocycles. The molecule has 0 aromatic heterocycles. The smallest absolute Gasteiger partial charge is 0.243 e. The predicted molar refractivity (Wildman–Crippen MR) is 64.7 cm³/mol. The Bertz CT molecular complexity index is 442. The van der Waals surface area contributed by atoms with Crippen LogP contribution in [0.2, 0.25) is 0 Å². The fraction of sp³-hybridized carbons (Fsp3) is 0.417. The summed E-state index contributed by atoms with van der Waals surface area (Å²) in [6.45, 7) is 0. The summed E-state index contributed by atoms with van der Waals surface area (Å²) in [5.74, 6) is 0.0894. The van der Waals surface area contributed by atoms with Crippen molar-refractivity contribution in [3.05, 3.63) is 34.3 Å². The zero-order valence-corrected chi connectivity index (χ0v) is 10.4. The molecule has 0 radical (unpaired) electrons. The van der Waals surface area contributed by atoms with Crippen LogP contribution in [0.4, 0.5) is 0 Å². The maximum Gasteiger partial charge on any atom is 0.243 e. The number of benzene rings is 1. The third kappa shape index (κ3) is 1.48. The van der Waals surface area contributed by atoms with Crippen LogP contribution in [-0.2, 0) is 4.79 Å². The van der Waals surface area contributed by atoms with Crippen LogP contribution in [0.5, 0.6) is 0 Å². The highest BCUT2D eigenvalue weighted by Crippen LogP contribution is 2.37. The van der Waals surface area contributed by atoms with Gasteiger partial charge in [-0.15, -0.1) is 0 Å². The second-order valence-electron chi connectivity index (χ2n) is 4.52. The van der Waals surface area contributed by atoms with E-state index in [2.05, 4.69) is 26.6 Å². The maximum atomic E-state index is 11.9. The second-order valence-corrected chi connectivity index (χ2v) is 5.38. The fourth-order valence-electron chi connectivity index (χ4n) is 2.41. The topological polar surface area (TPSA) is 41.1 Å². The van der Waals surface area contributed by atoms with Gasteiger partial charge in [0.25, 0.3) is 0 Å². The number of nitrogens with one attached hydrogen (secondary N) is 2. The van der Waals surface area contributed by atoms with Gasteiger partial charge in [-0.05, 0) is 30.9 Å². The summed E-state index contributed by atoms with van der Waals surface area (Å²) in [6.07, 6.45) is 3.27. The molecule has 1 aromatic rings. The Morgan fingerprint density at radius 1 is 1.31 bits per heavy atom. The molecule has 3 rings (SSSR count). The van der Waals surface area contributed by atoms with Crippen molar-refractivity contribution in [1.29, 1.82) is 0 Å². The Morgan fingerprint density at radius 2 is 2.06 bits per heavy atom. The molecule has 1 atom stereocenters. The van der Waals surface area contributed by atoms with E-state index >= 15 is 0 Å². The minimum Gasteiger partial charge on any atom is -0.336 e. The molecule has 1 aromatic carbocycles. The first-order chi connectivity index (χ1) is 7.70. The van der Waals surface area contributed by atoms with Gasteiger partial charge in [-0.2, -0.15) is 0 Å². The van der Waals surface area contributed by atoms with Crippen LogP contribution < -0.4 is 10.6 Å². The standard InChI is InChI=1S/C12H13BrN2O/c13-9-5-2-1-4-8(9)10-11(16)15-12(14-10)6-3-7-12/h1-2,4-5,10,14H,3,6-7H2,(H,15,16)/t10-/m1/s1. The van der Waals surface area contributed by atoms with E-state index in [0.717, 1.165) is 22.9 Å². The molecule has 16 heavy (non-hydrogen) atoms. The monoisotopic (exact) mass is 280 g/mol. The maximum absolute atomic E-state index is 11.9. The van der Waals surface area contributed by atoms with Gasteiger partial charge in [0.15, 0.2) is 0 Å². The highest BCUT2D eigenvalue weighted by molar-refractivity contribution is 9.10. The van der Waals surface area contributed by atoms with Crippen molar-refractivity contribution in [3.8, 4) is 0 Å². The third-order valence-electron chi connectivity index (χ3n) is 3.47. The van der Waals surface area contributed by atoms with E-state index in [1.54, 1.807) is 0 Å². The largest absolute Gasteiger partial charge is 0.336 e. The average Bonchev–Trinajstić information content (AvgIpc) is 2.57. The molecule has 0 bridgehead atoms. The number of rotatable bonds is 1. The van der Waals surface area contributed by atoms with Gasteiger partial charge >= 0.3 is 0 Å². The minimum atomic E-state index is -0.212. The quantitative estimate of drug-likeness (QED) is 0.827. The molecule has 3 nitrogen and oxygen atoms in total. The van der Waals surface area contributed by atoms with E-state index in [-0.39, 0.29) is 17.6 Å². The number of hydrogen-bond acceptors (Lipinski definition) is 2. The van der Waals surface area contributed by atoms with Crippen LogP contribution in [0.15, 0.2) is 28.7 Å². The fourth-order valence-corrected chi connectivity index (χ4v) is 2.93. The molecule has 4 heteroatoms. The van der Waals surface area contributed by atoms with Crippen molar-refractivity contribution in [2.75, 3.05) is 0 Å². The van der Waals surface area contributed by atoms with Gasteiger partial charge < -0.3 is 5.32 Å². The molecular weight excluding hydrogens is 268 g/mol. The van der Waals surface area contributed by atoms with Gasteiger partial charge in [0.1, 0.15) is 6.04 Å². The molecule has 1 aliphatic heterocycles. The summed E-state index contributed by atoms with van der Waals surface area (Å²) < 4.78 is 0.985. The minimum absolute atomic E-state index is 0.0894. The van der Waals surface area contributed by atoms with E-state index < -0.39 is 0 Å². The van der Waals surface area contributed by atoms with Crippen LogP contribution >= 0.6 is 15.9 Å². The molecule has 2 N–H and O–H groups in total. The SMILES string of the molecule is O=C1NC2(CCC2)N[C@@H]1c1ccccc1Br. The van der Waals surface area contributed by atoms with Gasteiger partial charge in [0, 0.05) is 4.47 Å². The molecule has 2 aliphatic rings. The lowest BCUT2D eigenvalue weighted by molar-refractivity contribution is -0.121. The molecule has 2 fully saturated rings. The Balaban J connectivity index is 1.91. The number of carbonyl (C=O) groups is 1. The highest BCUT2D eigenvalue weighted by Gasteiger charge is 2.48. The second kappa shape index (κ2) is 3.57. The van der Waals surface area contributed by atoms with Gasteiger partial charge in [0.2, 0.25) is 5.91 Å². The highest BCUT2D eigenvalue weighted by atomic mass is 79.9. The Hall–Kier alpha value is -0.870. The zero-order valence-electron chi connectivity index (χ0n) is 8.79. The first kappa shape index (κ1) is 10.3. The van der Waals surface area contributed by atoms with Crippen LogP contribution in [-0.4, -0.2) is 11.6 Å². The summed E-state index contributed by atoms with van der Waals surface area (Å²) in [5, 5.41) is 6.49. The zero-order chi connectivity index (χ0) is 11.2. The molecule has 1 saturated heterocycles. The summed E-state index contributed by atoms with van der Waals surface area (Å²) >= 11 is 3.49. The summed E-state index contributed by atoms with van der Waals surface area (Å²) in [7, 11) is 0. The van der Waals surface area contributed by atoms with E-state index in [1.165, 1.54) is 6.42 Å². The van der Waals surface area contributed by atoms with Crippen LogP contribution in [0.3, 0.4) is 0 Å². The van der Waals surface area contributed by atoms with Crippen molar-refractivity contribution in [3.63, 3.8) is 0 Å². The normalized spacial score (nSPS) is 26.6. The summed E-state index contributed by atoms with van der Waals surface area (Å²) in [4.78, 5) is 11.9. The average molecular weight is 281 g/mol. The van der Waals surface area contributed by atoms with Crippen LogP contribution in [0, 0.1) is 0 Å². The van der Waals surface area contributed by atoms with Crippen molar-refractivity contribution in [1.82, 2.24) is 10.6 Å². The molecule has 1 amide bonds. The first-order valence-electron chi connectivity index (χ1n) is 5.54. The van der Waals surface area contributed by atoms with E-state index in [4.69, 9.17) is 0 Å². The van der Waals surface area contributed by atoms with Gasteiger partial charge in [-0.25, -0.2) is 0 Å². The van der Waals surface area contributed by atoms with E-state index in [0.29, 0.717) is 0 Å². The lowest BCUT2D eigenvalue weighted by Gasteiger charge is -2.38. The Labute approximate surface area is 103 Å². The van der Waals surface area contributed by atoms with Gasteiger partial charge in [0.05, 0.1) is 5.66 Å². The summed E-state index contributed by atoms with van der Waals surface area (Å²) in [5.41, 5.74) is 0.903. The number of carbonyl (C=O) groups excluding carboxylic acids is 1. The molecular formula is C12H13BrN2O. The molecule has 84 valence electrons. The van der Waals surface area contributed by atoms with Crippen molar-refractivity contribution in [2.45, 2.75) is 31.0 Å². The lowest BCUT2D eigenvalue weighted by atomic mass is 9.85. The summed E-state index contributed by atoms with van der Waals surface area (Å²) in [6, 6.07) is 7.66. The van der Waals surface area contributed by atoms with Crippen molar-refractivity contribution < 1.29 is 4.79 Å². The molecule has 1 heterocycles. The number of halogens is 1. The van der Waals surface area contributed by atoms with E-state index in [9.17, 15) is 4.79 Å². The van der Waals surface area contributed by atoms with Gasteiger partial charge in [-0.3, -0.25) is 10.1 Å². The number of hydrogen-bond donors (Lipinski definition) is 2.